The second kappa shape index (κ2) is 6.41. The Hall–Kier alpha value is -1.00. The second-order valence-electron chi connectivity index (χ2n) is 4.92. The van der Waals surface area contributed by atoms with E-state index in [1.807, 2.05) is 0 Å². The molecule has 1 aromatic rings. The molecule has 1 saturated heterocycles. The van der Waals surface area contributed by atoms with Gasteiger partial charge in [0.1, 0.15) is 0 Å². The first-order chi connectivity index (χ1) is 9.80. The number of rotatable bonds is 6. The van der Waals surface area contributed by atoms with Crippen LogP contribution in [-0.2, 0) is 19.9 Å². The highest BCUT2D eigenvalue weighted by atomic mass is 32.2. The summed E-state index contributed by atoms with van der Waals surface area (Å²) >= 11 is 0. The summed E-state index contributed by atoms with van der Waals surface area (Å²) < 4.78 is 48.9. The molecule has 1 aromatic carbocycles. The molecule has 1 fully saturated rings. The third kappa shape index (κ3) is 4.48. The predicted octanol–water partition coefficient (Wildman–Crippen LogP) is -1.29. The monoisotopic (exact) mass is 334 g/mol. The summed E-state index contributed by atoms with van der Waals surface area (Å²) in [7, 11) is -6.77. The quantitative estimate of drug-likeness (QED) is 0.558. The summed E-state index contributed by atoms with van der Waals surface area (Å²) in [6.07, 6.45) is -0.944. The van der Waals surface area contributed by atoms with E-state index in [4.69, 9.17) is 0 Å². The number of sulfone groups is 1. The largest absolute Gasteiger partial charge is 0.390 e. The SMILES string of the molecule is O=S1(=O)C[C@@H](O)[C@@H](NCCNS(=O)(=O)c2ccccc2)C1. The van der Waals surface area contributed by atoms with Gasteiger partial charge in [-0.25, -0.2) is 21.6 Å². The average molecular weight is 334 g/mol. The smallest absolute Gasteiger partial charge is 0.240 e. The first-order valence-electron chi connectivity index (χ1n) is 6.47. The molecule has 0 aromatic heterocycles. The molecule has 118 valence electrons. The van der Waals surface area contributed by atoms with Gasteiger partial charge in [0, 0.05) is 19.1 Å². The standard InChI is InChI=1S/C12H18N2O5S2/c15-12-9-20(16,17)8-11(12)13-6-7-14-21(18,19)10-4-2-1-3-5-10/h1-5,11-15H,6-9H2/t11-,12+/m0/s1. The zero-order chi connectivity index (χ0) is 15.5. The second-order valence-corrected chi connectivity index (χ2v) is 8.84. The zero-order valence-electron chi connectivity index (χ0n) is 11.3. The van der Waals surface area contributed by atoms with Crippen LogP contribution in [0.2, 0.25) is 0 Å². The molecule has 0 bridgehead atoms. The molecule has 2 atom stereocenters. The van der Waals surface area contributed by atoms with Crippen molar-refractivity contribution in [2.75, 3.05) is 24.6 Å². The van der Waals surface area contributed by atoms with Gasteiger partial charge in [0.2, 0.25) is 10.0 Å². The Morgan fingerprint density at radius 1 is 1.14 bits per heavy atom. The summed E-state index contributed by atoms with van der Waals surface area (Å²) in [5, 5.41) is 12.4. The summed E-state index contributed by atoms with van der Waals surface area (Å²) in [4.78, 5) is 0.175. The normalized spacial score (nSPS) is 25.0. The number of hydrogen-bond acceptors (Lipinski definition) is 6. The topological polar surface area (TPSA) is 113 Å². The van der Waals surface area contributed by atoms with Crippen LogP contribution < -0.4 is 10.0 Å². The molecule has 7 nitrogen and oxygen atoms in total. The lowest BCUT2D eigenvalue weighted by atomic mass is 10.2. The van der Waals surface area contributed by atoms with Gasteiger partial charge in [0.25, 0.3) is 0 Å². The lowest BCUT2D eigenvalue weighted by Gasteiger charge is -2.15. The van der Waals surface area contributed by atoms with Gasteiger partial charge in [-0.05, 0) is 12.1 Å². The number of aliphatic hydroxyl groups excluding tert-OH is 1. The van der Waals surface area contributed by atoms with E-state index >= 15 is 0 Å². The van der Waals surface area contributed by atoms with E-state index in [1.165, 1.54) is 12.1 Å². The van der Waals surface area contributed by atoms with Crippen LogP contribution in [0.15, 0.2) is 35.2 Å². The highest BCUT2D eigenvalue weighted by Crippen LogP contribution is 2.12. The van der Waals surface area contributed by atoms with Crippen molar-refractivity contribution in [1.29, 1.82) is 0 Å². The average Bonchev–Trinajstić information content (AvgIpc) is 2.68. The molecule has 9 heteroatoms. The first-order valence-corrected chi connectivity index (χ1v) is 9.77. The van der Waals surface area contributed by atoms with Gasteiger partial charge in [0.15, 0.2) is 9.84 Å². The molecule has 0 spiro atoms. The molecular formula is C12H18N2O5S2. The van der Waals surface area contributed by atoms with Gasteiger partial charge in [0.05, 0.1) is 22.5 Å². The van der Waals surface area contributed by atoms with Crippen LogP contribution in [0.1, 0.15) is 0 Å². The van der Waals surface area contributed by atoms with Crippen molar-refractivity contribution in [3.63, 3.8) is 0 Å². The minimum Gasteiger partial charge on any atom is -0.390 e. The Morgan fingerprint density at radius 3 is 2.38 bits per heavy atom. The van der Waals surface area contributed by atoms with Crippen LogP contribution in [0.3, 0.4) is 0 Å². The Morgan fingerprint density at radius 2 is 1.81 bits per heavy atom. The number of sulfonamides is 1. The molecule has 0 radical (unpaired) electrons. The van der Waals surface area contributed by atoms with E-state index < -0.39 is 32.0 Å². The molecule has 21 heavy (non-hydrogen) atoms. The Kier molecular flexibility index (Phi) is 4.99. The van der Waals surface area contributed by atoms with Gasteiger partial charge in [-0.3, -0.25) is 0 Å². The van der Waals surface area contributed by atoms with E-state index in [0.717, 1.165) is 0 Å². The van der Waals surface area contributed by atoms with Gasteiger partial charge < -0.3 is 10.4 Å². The number of hydrogen-bond donors (Lipinski definition) is 3. The third-order valence-corrected chi connectivity index (χ3v) is 6.39. The lowest BCUT2D eigenvalue weighted by Crippen LogP contribution is -2.42. The maximum absolute atomic E-state index is 11.9. The van der Waals surface area contributed by atoms with Crippen LogP contribution >= 0.6 is 0 Å². The Labute approximate surface area is 124 Å². The van der Waals surface area contributed by atoms with Crippen LogP contribution in [0.4, 0.5) is 0 Å². The minimum absolute atomic E-state index is 0.112. The molecule has 1 aliphatic heterocycles. The number of benzene rings is 1. The summed E-state index contributed by atoms with van der Waals surface area (Å²) in [5.74, 6) is -0.375. The first kappa shape index (κ1) is 16.4. The van der Waals surface area contributed by atoms with Crippen LogP contribution in [0.5, 0.6) is 0 Å². The molecule has 0 saturated carbocycles. The highest BCUT2D eigenvalue weighted by Gasteiger charge is 2.35. The van der Waals surface area contributed by atoms with E-state index in [1.54, 1.807) is 18.2 Å². The Bertz CT molecular complexity index is 673. The zero-order valence-corrected chi connectivity index (χ0v) is 12.9. The fourth-order valence-electron chi connectivity index (χ4n) is 2.15. The fraction of sp³-hybridized carbons (Fsp3) is 0.500. The Balaban J connectivity index is 1.80. The van der Waals surface area contributed by atoms with Gasteiger partial charge in [-0.2, -0.15) is 0 Å². The van der Waals surface area contributed by atoms with Crippen molar-refractivity contribution < 1.29 is 21.9 Å². The number of aliphatic hydroxyl groups is 1. The maximum atomic E-state index is 11.9. The third-order valence-electron chi connectivity index (χ3n) is 3.20. The van der Waals surface area contributed by atoms with Crippen molar-refractivity contribution in [1.82, 2.24) is 10.0 Å². The van der Waals surface area contributed by atoms with Crippen molar-refractivity contribution in [3.05, 3.63) is 30.3 Å². The maximum Gasteiger partial charge on any atom is 0.240 e. The van der Waals surface area contributed by atoms with E-state index in [2.05, 4.69) is 10.0 Å². The summed E-state index contributed by atoms with van der Waals surface area (Å²) in [6, 6.07) is 7.42. The summed E-state index contributed by atoms with van der Waals surface area (Å²) in [5.41, 5.74) is 0. The van der Waals surface area contributed by atoms with Crippen LogP contribution in [-0.4, -0.2) is 58.7 Å². The summed E-state index contributed by atoms with van der Waals surface area (Å²) in [6.45, 7) is 0.351. The highest BCUT2D eigenvalue weighted by molar-refractivity contribution is 7.91. The van der Waals surface area contributed by atoms with E-state index in [9.17, 15) is 21.9 Å². The van der Waals surface area contributed by atoms with Gasteiger partial charge >= 0.3 is 0 Å². The lowest BCUT2D eigenvalue weighted by molar-refractivity contribution is 0.166. The molecular weight excluding hydrogens is 316 g/mol. The molecule has 0 aliphatic carbocycles. The van der Waals surface area contributed by atoms with Crippen LogP contribution in [0, 0.1) is 0 Å². The van der Waals surface area contributed by atoms with E-state index in [-0.39, 0.29) is 29.5 Å². The van der Waals surface area contributed by atoms with Crippen molar-refractivity contribution in [2.45, 2.75) is 17.0 Å². The fourth-order valence-corrected chi connectivity index (χ4v) is 4.98. The van der Waals surface area contributed by atoms with Gasteiger partial charge in [-0.1, -0.05) is 18.2 Å². The molecule has 0 unspecified atom stereocenters. The van der Waals surface area contributed by atoms with Crippen molar-refractivity contribution >= 4 is 19.9 Å². The molecule has 1 aliphatic rings. The molecule has 2 rings (SSSR count). The number of nitrogens with one attached hydrogen (secondary N) is 2. The van der Waals surface area contributed by atoms with Gasteiger partial charge in [-0.15, -0.1) is 0 Å². The van der Waals surface area contributed by atoms with Crippen LogP contribution in [0.25, 0.3) is 0 Å². The molecule has 3 N–H and O–H groups in total. The van der Waals surface area contributed by atoms with E-state index in [0.29, 0.717) is 0 Å². The van der Waals surface area contributed by atoms with Crippen molar-refractivity contribution in [2.24, 2.45) is 0 Å². The van der Waals surface area contributed by atoms with Crippen molar-refractivity contribution in [3.8, 4) is 0 Å². The molecule has 0 amide bonds. The molecule has 1 heterocycles. The minimum atomic E-state index is -3.56. The predicted molar refractivity (Wildman–Crippen MR) is 78.1 cm³/mol.